The zero-order chi connectivity index (χ0) is 24.1. The van der Waals surface area contributed by atoms with E-state index in [1.165, 1.54) is 4.90 Å². The smallest absolute Gasteiger partial charge is 0.295 e. The lowest BCUT2D eigenvalue weighted by molar-refractivity contribution is -0.139. The molecule has 1 atom stereocenters. The number of ketones is 1. The number of nitrogens with zero attached hydrogens (tertiary/aromatic N) is 3. The van der Waals surface area contributed by atoms with E-state index in [-0.39, 0.29) is 11.3 Å². The number of hydrogen-bond acceptors (Lipinski definition) is 5. The molecule has 1 aliphatic rings. The van der Waals surface area contributed by atoms with Gasteiger partial charge in [0.05, 0.1) is 17.9 Å². The summed E-state index contributed by atoms with van der Waals surface area (Å²) in [5, 5.41) is 11.1. The SMILES string of the molecule is C=CCOc1ccc([C@H]2/C(=C(\O)c3ccc(Br)cc3)C(=O)C(=O)N2CCCn2ccnc2)cc1. The minimum Gasteiger partial charge on any atom is -0.507 e. The number of amides is 1. The van der Waals surface area contributed by atoms with Gasteiger partial charge in [-0.05, 0) is 36.2 Å². The van der Waals surface area contributed by atoms with E-state index < -0.39 is 17.7 Å². The number of aryl methyl sites for hydroxylation is 1. The molecule has 0 unspecified atom stereocenters. The van der Waals surface area contributed by atoms with E-state index in [9.17, 15) is 14.7 Å². The van der Waals surface area contributed by atoms with E-state index >= 15 is 0 Å². The number of carbonyl (C=O) groups is 2. The van der Waals surface area contributed by atoms with Crippen molar-refractivity contribution in [2.75, 3.05) is 13.2 Å². The molecule has 1 saturated heterocycles. The maximum absolute atomic E-state index is 13.1. The molecule has 8 heteroatoms. The standard InChI is InChI=1S/C26H24BrN3O4/c1-2-16-34-21-10-6-18(7-11-21)23-22(24(31)19-4-8-20(27)9-5-19)25(32)26(33)30(23)14-3-13-29-15-12-28-17-29/h2,4-12,15,17,23,31H,1,3,13-14,16H2/b24-22+/t23-/m0/s1. The molecule has 4 rings (SSSR count). The number of imidazole rings is 1. The van der Waals surface area contributed by atoms with Crippen molar-refractivity contribution >= 4 is 33.4 Å². The van der Waals surface area contributed by atoms with E-state index in [1.54, 1.807) is 55.0 Å². The Bertz CT molecular complexity index is 1200. The van der Waals surface area contributed by atoms with Crippen molar-refractivity contribution in [2.45, 2.75) is 19.0 Å². The number of likely N-dealkylation sites (tertiary alicyclic amines) is 1. The van der Waals surface area contributed by atoms with E-state index in [1.807, 2.05) is 22.9 Å². The van der Waals surface area contributed by atoms with Crippen LogP contribution in [0.1, 0.15) is 23.6 Å². The highest BCUT2D eigenvalue weighted by Gasteiger charge is 2.45. The van der Waals surface area contributed by atoms with Gasteiger partial charge >= 0.3 is 0 Å². The molecule has 3 aromatic rings. The number of hydrogen-bond donors (Lipinski definition) is 1. The predicted octanol–water partition coefficient (Wildman–Crippen LogP) is 4.72. The highest BCUT2D eigenvalue weighted by Crippen LogP contribution is 2.40. The highest BCUT2D eigenvalue weighted by molar-refractivity contribution is 9.10. The number of aliphatic hydroxyl groups is 1. The second-order valence-electron chi connectivity index (χ2n) is 7.82. The van der Waals surface area contributed by atoms with Crippen molar-refractivity contribution in [3.63, 3.8) is 0 Å². The first-order valence-corrected chi connectivity index (χ1v) is 11.6. The largest absolute Gasteiger partial charge is 0.507 e. The summed E-state index contributed by atoms with van der Waals surface area (Å²) in [6.45, 7) is 5.01. The van der Waals surface area contributed by atoms with Crippen molar-refractivity contribution < 1.29 is 19.4 Å². The van der Waals surface area contributed by atoms with Crippen molar-refractivity contribution in [2.24, 2.45) is 0 Å². The topological polar surface area (TPSA) is 84.7 Å². The minimum absolute atomic E-state index is 0.0784. The molecule has 7 nitrogen and oxygen atoms in total. The first-order valence-electron chi connectivity index (χ1n) is 10.8. The quantitative estimate of drug-likeness (QED) is 0.190. The van der Waals surface area contributed by atoms with Crippen molar-refractivity contribution in [1.29, 1.82) is 0 Å². The third-order valence-corrected chi connectivity index (χ3v) is 6.12. The summed E-state index contributed by atoms with van der Waals surface area (Å²) in [4.78, 5) is 31.7. The Balaban J connectivity index is 1.70. The Morgan fingerprint density at radius 3 is 2.50 bits per heavy atom. The molecule has 174 valence electrons. The van der Waals surface area contributed by atoms with Crippen molar-refractivity contribution in [3.8, 4) is 5.75 Å². The number of aliphatic hydroxyl groups excluding tert-OH is 1. The fourth-order valence-corrected chi connectivity index (χ4v) is 4.23. The fourth-order valence-electron chi connectivity index (χ4n) is 3.96. The Morgan fingerprint density at radius 1 is 1.12 bits per heavy atom. The summed E-state index contributed by atoms with van der Waals surface area (Å²) in [7, 11) is 0. The monoisotopic (exact) mass is 521 g/mol. The molecule has 0 aliphatic carbocycles. The maximum Gasteiger partial charge on any atom is 0.295 e. The minimum atomic E-state index is -0.708. The molecule has 2 aromatic carbocycles. The number of halogens is 1. The second-order valence-corrected chi connectivity index (χ2v) is 8.74. The number of Topliss-reactive ketones (excluding diaryl/α,β-unsaturated/α-hetero) is 1. The van der Waals surface area contributed by atoms with E-state index in [4.69, 9.17) is 4.74 Å². The summed E-state index contributed by atoms with van der Waals surface area (Å²) in [5.41, 5.74) is 1.26. The van der Waals surface area contributed by atoms with Crippen LogP contribution in [0, 0.1) is 0 Å². The molecule has 1 aliphatic heterocycles. The van der Waals surface area contributed by atoms with Gasteiger partial charge in [0, 0.05) is 35.5 Å². The number of carbonyl (C=O) groups excluding carboxylic acids is 2. The first-order chi connectivity index (χ1) is 16.5. The van der Waals surface area contributed by atoms with Crippen LogP contribution in [0.2, 0.25) is 0 Å². The Kier molecular flexibility index (Phi) is 7.27. The molecule has 34 heavy (non-hydrogen) atoms. The Morgan fingerprint density at radius 2 is 1.85 bits per heavy atom. The number of ether oxygens (including phenoxy) is 1. The molecule has 0 radical (unpaired) electrons. The summed E-state index contributed by atoms with van der Waals surface area (Å²) in [5.74, 6) is -0.866. The Labute approximate surface area is 206 Å². The number of benzene rings is 2. The van der Waals surface area contributed by atoms with Crippen LogP contribution >= 0.6 is 15.9 Å². The molecule has 2 heterocycles. The molecular weight excluding hydrogens is 498 g/mol. The van der Waals surface area contributed by atoms with Gasteiger partial charge in [0.2, 0.25) is 0 Å². The number of aromatic nitrogens is 2. The zero-order valence-electron chi connectivity index (χ0n) is 18.4. The van der Waals surface area contributed by atoms with Crippen LogP contribution in [0.15, 0.2) is 90.0 Å². The van der Waals surface area contributed by atoms with E-state index in [0.29, 0.717) is 43.0 Å². The van der Waals surface area contributed by atoms with Gasteiger partial charge in [-0.3, -0.25) is 9.59 Å². The van der Waals surface area contributed by atoms with Gasteiger partial charge in [-0.15, -0.1) is 0 Å². The van der Waals surface area contributed by atoms with Gasteiger partial charge in [0.25, 0.3) is 11.7 Å². The average molecular weight is 522 g/mol. The van der Waals surface area contributed by atoms with Gasteiger partial charge < -0.3 is 19.3 Å². The normalized spacial score (nSPS) is 17.2. The van der Waals surface area contributed by atoms with E-state index in [2.05, 4.69) is 27.5 Å². The summed E-state index contributed by atoms with van der Waals surface area (Å²) in [6.07, 6.45) is 7.53. The fraction of sp³-hybridized carbons (Fsp3) is 0.192. The van der Waals surface area contributed by atoms with Crippen LogP contribution in [-0.2, 0) is 16.1 Å². The third kappa shape index (κ3) is 4.97. The van der Waals surface area contributed by atoms with Crippen molar-refractivity contribution in [1.82, 2.24) is 14.5 Å². The molecule has 1 N–H and O–H groups in total. The molecule has 0 saturated carbocycles. The van der Waals surface area contributed by atoms with E-state index in [0.717, 1.165) is 4.47 Å². The third-order valence-electron chi connectivity index (χ3n) is 5.60. The van der Waals surface area contributed by atoms with Crippen LogP contribution in [-0.4, -0.2) is 44.4 Å². The van der Waals surface area contributed by atoms with Gasteiger partial charge in [0.1, 0.15) is 18.1 Å². The van der Waals surface area contributed by atoms with Gasteiger partial charge in [0.15, 0.2) is 0 Å². The van der Waals surface area contributed by atoms with Gasteiger partial charge in [-0.25, -0.2) is 4.98 Å². The average Bonchev–Trinajstić information content (AvgIpc) is 3.45. The molecular formula is C26H24BrN3O4. The summed E-state index contributed by atoms with van der Waals surface area (Å²) < 4.78 is 8.32. The highest BCUT2D eigenvalue weighted by atomic mass is 79.9. The summed E-state index contributed by atoms with van der Waals surface area (Å²) >= 11 is 3.38. The molecule has 1 amide bonds. The Hall–Kier alpha value is -3.65. The molecule has 0 spiro atoms. The van der Waals surface area contributed by atoms with Gasteiger partial charge in [-0.2, -0.15) is 0 Å². The second kappa shape index (κ2) is 10.5. The number of rotatable bonds is 9. The lowest BCUT2D eigenvalue weighted by Gasteiger charge is -2.25. The van der Waals surface area contributed by atoms with Crippen LogP contribution < -0.4 is 4.74 Å². The lowest BCUT2D eigenvalue weighted by Crippen LogP contribution is -2.31. The zero-order valence-corrected chi connectivity index (χ0v) is 20.0. The lowest BCUT2D eigenvalue weighted by atomic mass is 9.95. The molecule has 0 bridgehead atoms. The van der Waals surface area contributed by atoms with Crippen LogP contribution in [0.3, 0.4) is 0 Å². The van der Waals surface area contributed by atoms with Crippen molar-refractivity contribution in [3.05, 3.63) is 101 Å². The van der Waals surface area contributed by atoms with Crippen LogP contribution in [0.25, 0.3) is 5.76 Å². The first kappa shape index (κ1) is 23.5. The van der Waals surface area contributed by atoms with Gasteiger partial charge in [-0.1, -0.05) is 52.9 Å². The maximum atomic E-state index is 13.1. The van der Waals surface area contributed by atoms with Crippen LogP contribution in [0.5, 0.6) is 5.75 Å². The predicted molar refractivity (Wildman–Crippen MR) is 132 cm³/mol. The summed E-state index contributed by atoms with van der Waals surface area (Å²) in [6, 6.07) is 13.4. The molecule has 1 aromatic heterocycles. The molecule has 1 fully saturated rings. The van der Waals surface area contributed by atoms with Crippen LogP contribution in [0.4, 0.5) is 0 Å².